The summed E-state index contributed by atoms with van der Waals surface area (Å²) in [6.07, 6.45) is -7.94. The fraction of sp³-hybridized carbons (Fsp3) is 1.00. The molecule has 8 heteroatoms. The number of aliphatic hydroxyl groups excluding tert-OH is 6. The topological polar surface area (TPSA) is 140 Å². The van der Waals surface area contributed by atoms with Crippen LogP contribution in [0, 0.1) is 0 Å². The van der Waals surface area contributed by atoms with Crippen LogP contribution < -0.4 is 0 Å². The van der Waals surface area contributed by atoms with Gasteiger partial charge in [0, 0.05) is 0 Å². The molecule has 8 nitrogen and oxygen atoms in total. The minimum Gasteiger partial charge on any atom is -0.394 e. The van der Waals surface area contributed by atoms with Gasteiger partial charge in [-0.25, -0.2) is 0 Å². The first-order chi connectivity index (χ1) is 8.01. The van der Waals surface area contributed by atoms with Gasteiger partial charge in [-0.2, -0.15) is 0 Å². The van der Waals surface area contributed by atoms with Crippen molar-refractivity contribution in [2.75, 3.05) is 19.8 Å². The van der Waals surface area contributed by atoms with E-state index in [1.54, 1.807) is 0 Å². The van der Waals surface area contributed by atoms with Gasteiger partial charge in [-0.05, 0) is 0 Å². The summed E-state index contributed by atoms with van der Waals surface area (Å²) >= 11 is 0. The second-order valence-corrected chi connectivity index (χ2v) is 3.87. The monoisotopic (exact) mass is 254 g/mol. The van der Waals surface area contributed by atoms with Gasteiger partial charge in [-0.15, -0.1) is 0 Å². The van der Waals surface area contributed by atoms with E-state index in [0.717, 1.165) is 0 Å². The summed E-state index contributed by atoms with van der Waals surface area (Å²) in [7, 11) is 0. The van der Waals surface area contributed by atoms with Crippen LogP contribution >= 0.6 is 0 Å². The molecule has 0 aromatic carbocycles. The summed E-state index contributed by atoms with van der Waals surface area (Å²) in [5, 5.41) is 54.9. The smallest absolute Gasteiger partial charge is 0.186 e. The average molecular weight is 254 g/mol. The Hall–Kier alpha value is -0.320. The number of rotatable bonds is 5. The van der Waals surface area contributed by atoms with Crippen LogP contribution in [0.15, 0.2) is 0 Å². The fourth-order valence-corrected chi connectivity index (χ4v) is 1.46. The van der Waals surface area contributed by atoms with Crippen LogP contribution in [0.4, 0.5) is 0 Å². The highest BCUT2D eigenvalue weighted by molar-refractivity contribution is 4.88. The van der Waals surface area contributed by atoms with Crippen molar-refractivity contribution in [2.45, 2.75) is 36.8 Å². The molecule has 1 aliphatic heterocycles. The van der Waals surface area contributed by atoms with Crippen molar-refractivity contribution in [3.63, 3.8) is 0 Å². The van der Waals surface area contributed by atoms with E-state index in [0.29, 0.717) is 0 Å². The lowest BCUT2D eigenvalue weighted by atomic mass is 9.99. The van der Waals surface area contributed by atoms with Crippen LogP contribution in [0.2, 0.25) is 0 Å². The van der Waals surface area contributed by atoms with Crippen molar-refractivity contribution in [1.82, 2.24) is 0 Å². The van der Waals surface area contributed by atoms with Gasteiger partial charge in [-0.3, -0.25) is 0 Å². The van der Waals surface area contributed by atoms with E-state index < -0.39 is 50.0 Å². The number of hydrogen-bond acceptors (Lipinski definition) is 8. The fourth-order valence-electron chi connectivity index (χ4n) is 1.46. The molecule has 6 N–H and O–H groups in total. The maximum Gasteiger partial charge on any atom is 0.186 e. The Bertz CT molecular complexity index is 223. The molecular formula is C9H18O8. The van der Waals surface area contributed by atoms with Gasteiger partial charge < -0.3 is 40.1 Å². The van der Waals surface area contributed by atoms with E-state index >= 15 is 0 Å². The van der Waals surface area contributed by atoms with E-state index in [1.807, 2.05) is 0 Å². The summed E-state index contributed by atoms with van der Waals surface area (Å²) in [6, 6.07) is 0. The third-order valence-electron chi connectivity index (χ3n) is 2.51. The number of aliphatic hydroxyl groups is 6. The first-order valence-corrected chi connectivity index (χ1v) is 5.22. The van der Waals surface area contributed by atoms with Crippen LogP contribution in [0.5, 0.6) is 0 Å². The normalized spacial score (nSPS) is 40.2. The molecule has 0 spiro atoms. The van der Waals surface area contributed by atoms with Crippen LogP contribution in [0.1, 0.15) is 0 Å². The maximum absolute atomic E-state index is 9.52. The standard InChI is InChI=1S/C9H18O8/c10-1-4(12)3-16-9-8(15)7(14)6(13)5(2-11)17-9/h4-15H,1-3H2/t4-,5+,6+,7-,8+,9-/m0/s1. The zero-order chi connectivity index (χ0) is 13.0. The van der Waals surface area contributed by atoms with Crippen molar-refractivity contribution in [3.8, 4) is 0 Å². The quantitative estimate of drug-likeness (QED) is 0.293. The molecule has 0 aromatic heterocycles. The molecule has 1 saturated heterocycles. The second-order valence-electron chi connectivity index (χ2n) is 3.87. The zero-order valence-corrected chi connectivity index (χ0v) is 9.09. The van der Waals surface area contributed by atoms with Gasteiger partial charge in [0.25, 0.3) is 0 Å². The van der Waals surface area contributed by atoms with E-state index in [1.165, 1.54) is 0 Å². The highest BCUT2D eigenvalue weighted by Crippen LogP contribution is 2.21. The second kappa shape index (κ2) is 6.57. The average Bonchev–Trinajstić information content (AvgIpc) is 2.34. The molecular weight excluding hydrogens is 236 g/mol. The number of hydrogen-bond donors (Lipinski definition) is 6. The van der Waals surface area contributed by atoms with Crippen molar-refractivity contribution >= 4 is 0 Å². The van der Waals surface area contributed by atoms with Crippen molar-refractivity contribution in [1.29, 1.82) is 0 Å². The summed E-state index contributed by atoms with van der Waals surface area (Å²) in [4.78, 5) is 0. The Morgan fingerprint density at radius 3 is 2.24 bits per heavy atom. The molecule has 0 saturated carbocycles. The third-order valence-corrected chi connectivity index (χ3v) is 2.51. The summed E-state index contributed by atoms with van der Waals surface area (Å²) in [6.45, 7) is -1.37. The molecule has 1 aliphatic rings. The summed E-state index contributed by atoms with van der Waals surface area (Å²) < 4.78 is 9.93. The zero-order valence-electron chi connectivity index (χ0n) is 9.09. The van der Waals surface area contributed by atoms with Crippen molar-refractivity contribution in [2.24, 2.45) is 0 Å². The molecule has 6 atom stereocenters. The van der Waals surface area contributed by atoms with Gasteiger partial charge in [-0.1, -0.05) is 0 Å². The Kier molecular flexibility index (Phi) is 5.70. The highest BCUT2D eigenvalue weighted by atomic mass is 16.7. The van der Waals surface area contributed by atoms with Gasteiger partial charge in [0.2, 0.25) is 0 Å². The summed E-state index contributed by atoms with van der Waals surface area (Å²) in [5.74, 6) is 0. The Morgan fingerprint density at radius 1 is 1.06 bits per heavy atom. The Labute approximate surface area is 97.6 Å². The lowest BCUT2D eigenvalue weighted by molar-refractivity contribution is -0.304. The molecule has 1 heterocycles. The molecule has 102 valence electrons. The largest absolute Gasteiger partial charge is 0.394 e. The maximum atomic E-state index is 9.52. The van der Waals surface area contributed by atoms with Crippen LogP contribution in [-0.2, 0) is 9.47 Å². The molecule has 0 unspecified atom stereocenters. The lowest BCUT2D eigenvalue weighted by Gasteiger charge is -2.39. The molecule has 0 radical (unpaired) electrons. The molecule has 0 aliphatic carbocycles. The Balaban J connectivity index is 2.53. The molecule has 1 rings (SSSR count). The van der Waals surface area contributed by atoms with Crippen LogP contribution in [0.3, 0.4) is 0 Å². The SMILES string of the molecule is OC[C@H](O)CO[C@H]1O[C@H](CO)[C@@H](O)[C@H](O)[C@H]1O. The highest BCUT2D eigenvalue weighted by Gasteiger charge is 2.44. The van der Waals surface area contributed by atoms with Crippen molar-refractivity contribution < 1.29 is 40.1 Å². The van der Waals surface area contributed by atoms with E-state index in [4.69, 9.17) is 24.8 Å². The van der Waals surface area contributed by atoms with Gasteiger partial charge >= 0.3 is 0 Å². The molecule has 0 bridgehead atoms. The minimum absolute atomic E-state index is 0.306. The van der Waals surface area contributed by atoms with E-state index in [2.05, 4.69) is 0 Å². The third kappa shape index (κ3) is 3.57. The van der Waals surface area contributed by atoms with Gasteiger partial charge in [0.1, 0.15) is 30.5 Å². The van der Waals surface area contributed by atoms with Gasteiger partial charge in [0.05, 0.1) is 19.8 Å². The minimum atomic E-state index is -1.52. The first-order valence-electron chi connectivity index (χ1n) is 5.22. The predicted octanol–water partition coefficient (Wildman–Crippen LogP) is -3.84. The van der Waals surface area contributed by atoms with E-state index in [-0.39, 0.29) is 6.61 Å². The summed E-state index contributed by atoms with van der Waals surface area (Å²) in [5.41, 5.74) is 0. The lowest BCUT2D eigenvalue weighted by Crippen LogP contribution is -2.59. The molecule has 1 fully saturated rings. The van der Waals surface area contributed by atoms with E-state index in [9.17, 15) is 15.3 Å². The predicted molar refractivity (Wildman–Crippen MR) is 52.8 cm³/mol. The van der Waals surface area contributed by atoms with Crippen LogP contribution in [-0.4, -0.2) is 87.3 Å². The molecule has 0 amide bonds. The first kappa shape index (κ1) is 14.7. The van der Waals surface area contributed by atoms with Crippen LogP contribution in [0.25, 0.3) is 0 Å². The van der Waals surface area contributed by atoms with Crippen molar-refractivity contribution in [3.05, 3.63) is 0 Å². The number of ether oxygens (including phenoxy) is 2. The Morgan fingerprint density at radius 2 is 1.71 bits per heavy atom. The van der Waals surface area contributed by atoms with Gasteiger partial charge in [0.15, 0.2) is 6.29 Å². The molecule has 0 aromatic rings. The molecule has 17 heavy (non-hydrogen) atoms.